The lowest BCUT2D eigenvalue weighted by Gasteiger charge is -2.25. The molecule has 20 heavy (non-hydrogen) atoms. The number of aromatic nitrogens is 3. The fourth-order valence-corrected chi connectivity index (χ4v) is 3.29. The molecule has 106 valence electrons. The van der Waals surface area contributed by atoms with E-state index >= 15 is 0 Å². The lowest BCUT2D eigenvalue weighted by molar-refractivity contribution is 0.122. The molecule has 1 fully saturated rings. The molecule has 0 radical (unpaired) electrons. The normalized spacial score (nSPS) is 15.6. The van der Waals surface area contributed by atoms with Crippen molar-refractivity contribution >= 4 is 16.5 Å². The van der Waals surface area contributed by atoms with E-state index in [1.54, 1.807) is 16.8 Å². The lowest BCUT2D eigenvalue weighted by atomic mass is 10.4. The Morgan fingerprint density at radius 3 is 2.75 bits per heavy atom. The molecule has 0 aromatic carbocycles. The Morgan fingerprint density at radius 2 is 2.05 bits per heavy atom. The van der Waals surface area contributed by atoms with Gasteiger partial charge in [0.1, 0.15) is 10.8 Å². The van der Waals surface area contributed by atoms with Gasteiger partial charge < -0.3 is 9.64 Å². The molecule has 2 aromatic heterocycles. The monoisotopic (exact) mass is 292 g/mol. The van der Waals surface area contributed by atoms with Crippen LogP contribution in [0.2, 0.25) is 0 Å². The topological polar surface area (TPSA) is 60.2 Å². The number of aryl methyl sites for hydroxylation is 2. The summed E-state index contributed by atoms with van der Waals surface area (Å²) in [5.41, 5.74) is 0.675. The number of thiazole rings is 1. The summed E-state index contributed by atoms with van der Waals surface area (Å²) in [6, 6.07) is 1.54. The Bertz CT molecular complexity index is 673. The van der Waals surface area contributed by atoms with Gasteiger partial charge in [-0.3, -0.25) is 9.36 Å². The van der Waals surface area contributed by atoms with Gasteiger partial charge in [-0.15, -0.1) is 0 Å². The van der Waals surface area contributed by atoms with Crippen LogP contribution < -0.4 is 10.5 Å². The van der Waals surface area contributed by atoms with Gasteiger partial charge in [-0.1, -0.05) is 11.3 Å². The van der Waals surface area contributed by atoms with Gasteiger partial charge in [0.05, 0.1) is 19.4 Å². The van der Waals surface area contributed by atoms with Crippen LogP contribution in [-0.2, 0) is 4.74 Å². The third kappa shape index (κ3) is 2.46. The van der Waals surface area contributed by atoms with Crippen LogP contribution in [-0.4, -0.2) is 40.8 Å². The van der Waals surface area contributed by atoms with E-state index in [1.165, 1.54) is 11.3 Å². The maximum atomic E-state index is 12.1. The fraction of sp³-hybridized carbons (Fsp3) is 0.462. The molecule has 0 saturated carbocycles. The summed E-state index contributed by atoms with van der Waals surface area (Å²) in [4.78, 5) is 23.1. The molecule has 2 aromatic rings. The van der Waals surface area contributed by atoms with Crippen LogP contribution in [0.15, 0.2) is 17.1 Å². The Kier molecular flexibility index (Phi) is 3.54. The molecule has 0 bridgehead atoms. The van der Waals surface area contributed by atoms with Crippen molar-refractivity contribution in [1.82, 2.24) is 14.5 Å². The van der Waals surface area contributed by atoms with Gasteiger partial charge >= 0.3 is 0 Å². The Morgan fingerprint density at radius 1 is 1.30 bits per heavy atom. The highest BCUT2D eigenvalue weighted by Gasteiger charge is 2.16. The third-order valence-corrected chi connectivity index (χ3v) is 4.24. The first-order valence-corrected chi connectivity index (χ1v) is 7.33. The van der Waals surface area contributed by atoms with Gasteiger partial charge in [-0.2, -0.15) is 0 Å². The third-order valence-electron chi connectivity index (χ3n) is 3.20. The minimum absolute atomic E-state index is 0.0628. The molecular formula is C13H16N4O2S. The molecule has 0 unspecified atom stereocenters. The minimum atomic E-state index is -0.0628. The van der Waals surface area contributed by atoms with Crippen molar-refractivity contribution in [3.8, 4) is 5.00 Å². The molecule has 0 spiro atoms. The number of hydrogen-bond acceptors (Lipinski definition) is 6. The molecule has 3 heterocycles. The Hall–Kier alpha value is -1.73. The number of ether oxygens (including phenoxy) is 1. The average Bonchev–Trinajstić information content (AvgIpc) is 2.88. The summed E-state index contributed by atoms with van der Waals surface area (Å²) < 4.78 is 6.94. The zero-order chi connectivity index (χ0) is 14.1. The largest absolute Gasteiger partial charge is 0.378 e. The highest BCUT2D eigenvalue weighted by Crippen LogP contribution is 2.25. The highest BCUT2D eigenvalue weighted by atomic mass is 32.1. The molecule has 1 aliphatic rings. The SMILES string of the molecule is Cc1cc(=O)n(-c2cnc(N3CCOCC3)s2)c(C)n1. The van der Waals surface area contributed by atoms with E-state index in [-0.39, 0.29) is 5.56 Å². The molecule has 0 aliphatic carbocycles. The molecule has 0 N–H and O–H groups in total. The van der Waals surface area contributed by atoms with Gasteiger partial charge in [0.25, 0.3) is 5.56 Å². The van der Waals surface area contributed by atoms with E-state index in [2.05, 4.69) is 14.9 Å². The van der Waals surface area contributed by atoms with E-state index in [1.807, 2.05) is 13.8 Å². The molecule has 1 saturated heterocycles. The summed E-state index contributed by atoms with van der Waals surface area (Å²) in [7, 11) is 0. The highest BCUT2D eigenvalue weighted by molar-refractivity contribution is 7.18. The lowest BCUT2D eigenvalue weighted by Crippen LogP contribution is -2.36. The maximum Gasteiger partial charge on any atom is 0.258 e. The van der Waals surface area contributed by atoms with Crippen LogP contribution in [0.25, 0.3) is 5.00 Å². The zero-order valence-electron chi connectivity index (χ0n) is 11.5. The van der Waals surface area contributed by atoms with E-state index in [4.69, 9.17) is 4.74 Å². The second-order valence-corrected chi connectivity index (χ2v) is 5.69. The molecule has 6 nitrogen and oxygen atoms in total. The van der Waals surface area contributed by atoms with Crippen molar-refractivity contribution in [2.75, 3.05) is 31.2 Å². The van der Waals surface area contributed by atoms with Crippen molar-refractivity contribution < 1.29 is 4.74 Å². The predicted octanol–water partition coefficient (Wildman–Crippen LogP) is 1.14. The van der Waals surface area contributed by atoms with Gasteiger partial charge in [-0.25, -0.2) is 9.97 Å². The summed E-state index contributed by atoms with van der Waals surface area (Å²) >= 11 is 1.51. The van der Waals surface area contributed by atoms with Gasteiger partial charge in [0.15, 0.2) is 5.13 Å². The molecule has 3 rings (SSSR count). The molecule has 0 amide bonds. The van der Waals surface area contributed by atoms with Crippen LogP contribution in [0, 0.1) is 13.8 Å². The zero-order valence-corrected chi connectivity index (χ0v) is 12.3. The van der Waals surface area contributed by atoms with Crippen LogP contribution in [0.1, 0.15) is 11.5 Å². The van der Waals surface area contributed by atoms with E-state index in [0.29, 0.717) is 5.82 Å². The van der Waals surface area contributed by atoms with E-state index in [0.717, 1.165) is 42.1 Å². The van der Waals surface area contributed by atoms with Crippen LogP contribution >= 0.6 is 11.3 Å². The Balaban J connectivity index is 1.96. The molecule has 7 heteroatoms. The molecular weight excluding hydrogens is 276 g/mol. The summed E-state index contributed by atoms with van der Waals surface area (Å²) in [5, 5.41) is 1.73. The van der Waals surface area contributed by atoms with Gasteiger partial charge in [0, 0.05) is 24.8 Å². The molecule has 1 aliphatic heterocycles. The van der Waals surface area contributed by atoms with Crippen molar-refractivity contribution in [2.24, 2.45) is 0 Å². The quantitative estimate of drug-likeness (QED) is 0.831. The fourth-order valence-electron chi connectivity index (χ4n) is 2.27. The van der Waals surface area contributed by atoms with Crippen molar-refractivity contribution in [2.45, 2.75) is 13.8 Å². The predicted molar refractivity (Wildman–Crippen MR) is 78.0 cm³/mol. The number of morpholine rings is 1. The van der Waals surface area contributed by atoms with E-state index in [9.17, 15) is 4.79 Å². The maximum absolute atomic E-state index is 12.1. The summed E-state index contributed by atoms with van der Waals surface area (Å²) in [6.07, 6.45) is 1.74. The van der Waals surface area contributed by atoms with Crippen molar-refractivity contribution in [3.05, 3.63) is 34.1 Å². The average molecular weight is 292 g/mol. The minimum Gasteiger partial charge on any atom is -0.378 e. The van der Waals surface area contributed by atoms with Crippen LogP contribution in [0.5, 0.6) is 0 Å². The van der Waals surface area contributed by atoms with Crippen LogP contribution in [0.3, 0.4) is 0 Å². The number of hydrogen-bond donors (Lipinski definition) is 0. The van der Waals surface area contributed by atoms with E-state index < -0.39 is 0 Å². The number of nitrogens with zero attached hydrogens (tertiary/aromatic N) is 4. The van der Waals surface area contributed by atoms with Crippen molar-refractivity contribution in [3.63, 3.8) is 0 Å². The van der Waals surface area contributed by atoms with Crippen LogP contribution in [0.4, 0.5) is 5.13 Å². The van der Waals surface area contributed by atoms with Crippen molar-refractivity contribution in [1.29, 1.82) is 0 Å². The first-order valence-electron chi connectivity index (χ1n) is 6.51. The Labute approximate surface area is 120 Å². The number of anilines is 1. The summed E-state index contributed by atoms with van der Waals surface area (Å²) in [5.74, 6) is 0.687. The van der Waals surface area contributed by atoms with Gasteiger partial charge in [-0.05, 0) is 13.8 Å². The second-order valence-electron chi connectivity index (χ2n) is 4.70. The first-order chi connectivity index (χ1) is 9.65. The summed E-state index contributed by atoms with van der Waals surface area (Å²) in [6.45, 7) is 6.78. The smallest absolute Gasteiger partial charge is 0.258 e. The second kappa shape index (κ2) is 5.34. The standard InChI is InChI=1S/C13H16N4O2S/c1-9-7-11(18)17(10(2)15-9)12-8-14-13(20-12)16-3-5-19-6-4-16/h7-8H,3-6H2,1-2H3. The first kappa shape index (κ1) is 13.3. The number of rotatable bonds is 2. The molecule has 0 atom stereocenters. The van der Waals surface area contributed by atoms with Gasteiger partial charge in [0.2, 0.25) is 0 Å².